The van der Waals surface area contributed by atoms with Crippen molar-refractivity contribution in [3.63, 3.8) is 0 Å². The Morgan fingerprint density at radius 1 is 1.30 bits per heavy atom. The van der Waals surface area contributed by atoms with Crippen molar-refractivity contribution in [2.45, 2.75) is 27.2 Å². The van der Waals surface area contributed by atoms with E-state index in [0.717, 1.165) is 10.6 Å². The van der Waals surface area contributed by atoms with E-state index in [9.17, 15) is 13.0 Å². The zero-order valence-corrected chi connectivity index (χ0v) is 14.2. The van der Waals surface area contributed by atoms with E-state index in [1.54, 1.807) is 26.8 Å². The number of hydrogen-bond acceptors (Lipinski definition) is 5. The SMILES string of the molecule is C=CCCN(/C(=C/C)P(=O)(OCC)OCC)S(C)(=O)=O. The van der Waals surface area contributed by atoms with Crippen molar-refractivity contribution in [2.24, 2.45) is 0 Å². The first-order chi connectivity index (χ1) is 9.26. The monoisotopic (exact) mass is 325 g/mol. The van der Waals surface area contributed by atoms with E-state index in [4.69, 9.17) is 9.05 Å². The van der Waals surface area contributed by atoms with Gasteiger partial charge in [0.05, 0.1) is 19.5 Å². The molecule has 0 heterocycles. The van der Waals surface area contributed by atoms with Gasteiger partial charge in [0.15, 0.2) is 0 Å². The van der Waals surface area contributed by atoms with E-state index >= 15 is 0 Å². The number of sulfonamides is 1. The topological polar surface area (TPSA) is 72.9 Å². The molecule has 0 atom stereocenters. The second-order valence-corrected chi connectivity index (χ2v) is 7.77. The van der Waals surface area contributed by atoms with Crippen LogP contribution in [-0.4, -0.2) is 38.7 Å². The molecule has 6 nitrogen and oxygen atoms in total. The summed E-state index contributed by atoms with van der Waals surface area (Å²) in [7, 11) is -7.23. The van der Waals surface area contributed by atoms with Crippen LogP contribution in [0.25, 0.3) is 0 Å². The first-order valence-corrected chi connectivity index (χ1v) is 9.80. The van der Waals surface area contributed by atoms with Crippen LogP contribution in [0.2, 0.25) is 0 Å². The highest BCUT2D eigenvalue weighted by Gasteiger charge is 2.36. The van der Waals surface area contributed by atoms with Gasteiger partial charge in [-0.1, -0.05) is 12.2 Å². The zero-order chi connectivity index (χ0) is 15.8. The third kappa shape index (κ3) is 5.40. The van der Waals surface area contributed by atoms with E-state index in [-0.39, 0.29) is 25.2 Å². The molecule has 0 saturated carbocycles. The molecule has 0 aliphatic rings. The Morgan fingerprint density at radius 2 is 1.80 bits per heavy atom. The Kier molecular flexibility index (Phi) is 8.35. The summed E-state index contributed by atoms with van der Waals surface area (Å²) in [6.07, 6.45) is 4.54. The van der Waals surface area contributed by atoms with Gasteiger partial charge in [-0.15, -0.1) is 6.58 Å². The number of rotatable bonds is 10. The molecule has 0 amide bonds. The molecule has 0 N–H and O–H groups in total. The summed E-state index contributed by atoms with van der Waals surface area (Å²) in [6.45, 7) is 8.98. The summed E-state index contributed by atoms with van der Waals surface area (Å²) in [5.41, 5.74) is 0.0468. The summed E-state index contributed by atoms with van der Waals surface area (Å²) < 4.78 is 48.1. The highest BCUT2D eigenvalue weighted by atomic mass is 32.2. The first kappa shape index (κ1) is 19.4. The Labute approximate surface area is 122 Å². The zero-order valence-electron chi connectivity index (χ0n) is 12.5. The van der Waals surface area contributed by atoms with E-state index in [1.807, 2.05) is 0 Å². The molecule has 0 unspecified atom stereocenters. The van der Waals surface area contributed by atoms with Crippen molar-refractivity contribution in [3.8, 4) is 0 Å². The predicted molar refractivity (Wildman–Crippen MR) is 81.0 cm³/mol. The number of allylic oxidation sites excluding steroid dienone is 1. The average Bonchev–Trinajstić information content (AvgIpc) is 2.33. The van der Waals surface area contributed by atoms with Crippen molar-refractivity contribution in [1.82, 2.24) is 4.31 Å². The van der Waals surface area contributed by atoms with Gasteiger partial charge in [-0.25, -0.2) is 8.42 Å². The van der Waals surface area contributed by atoms with Crippen LogP contribution in [-0.2, 0) is 23.6 Å². The highest BCUT2D eigenvalue weighted by Crippen LogP contribution is 2.57. The molecule has 0 spiro atoms. The Morgan fingerprint density at radius 3 is 2.10 bits per heavy atom. The fourth-order valence-electron chi connectivity index (χ4n) is 1.61. The molecule has 0 rings (SSSR count). The van der Waals surface area contributed by atoms with Gasteiger partial charge in [0.25, 0.3) is 0 Å². The molecule has 0 aromatic heterocycles. The van der Waals surface area contributed by atoms with Crippen LogP contribution in [0, 0.1) is 0 Å². The molecule has 118 valence electrons. The smallest absolute Gasteiger partial charge is 0.304 e. The minimum absolute atomic E-state index is 0.0468. The van der Waals surface area contributed by atoms with Crippen LogP contribution in [0.1, 0.15) is 27.2 Å². The van der Waals surface area contributed by atoms with Crippen molar-refractivity contribution in [3.05, 3.63) is 24.2 Å². The lowest BCUT2D eigenvalue weighted by Gasteiger charge is -2.29. The molecule has 8 heteroatoms. The lowest BCUT2D eigenvalue weighted by molar-refractivity contribution is 0.220. The Hall–Kier alpha value is -0.620. The summed E-state index contributed by atoms with van der Waals surface area (Å²) in [6, 6.07) is 0. The maximum atomic E-state index is 12.8. The van der Waals surface area contributed by atoms with E-state index in [0.29, 0.717) is 6.42 Å². The van der Waals surface area contributed by atoms with E-state index in [1.165, 1.54) is 6.08 Å². The van der Waals surface area contributed by atoms with Gasteiger partial charge in [-0.05, 0) is 27.2 Å². The summed E-state index contributed by atoms with van der Waals surface area (Å²) in [5, 5.41) is 0. The Bertz CT molecular complexity index is 476. The molecule has 0 aromatic carbocycles. The minimum atomic E-state index is -3.65. The van der Waals surface area contributed by atoms with Crippen LogP contribution < -0.4 is 0 Å². The van der Waals surface area contributed by atoms with Crippen molar-refractivity contribution < 1.29 is 22.0 Å². The predicted octanol–water partition coefficient (Wildman–Crippen LogP) is 2.95. The standard InChI is InChI=1S/C12H24NO5PS/c1-6-10-11-13(20(5,15)16)12(7-2)19(14,17-8-3)18-9-4/h6-7H,1,8-11H2,2-5H3/b12-7-. The lowest BCUT2D eigenvalue weighted by atomic mass is 10.4. The van der Waals surface area contributed by atoms with Gasteiger partial charge in [-0.2, -0.15) is 0 Å². The second-order valence-electron chi connectivity index (χ2n) is 3.89. The highest BCUT2D eigenvalue weighted by molar-refractivity contribution is 7.89. The van der Waals surface area contributed by atoms with Crippen LogP contribution in [0.4, 0.5) is 0 Å². The molecule has 0 saturated heterocycles. The molecule has 0 aromatic rings. The van der Waals surface area contributed by atoms with E-state index in [2.05, 4.69) is 6.58 Å². The summed E-state index contributed by atoms with van der Waals surface area (Å²) in [4.78, 5) is 0. The second kappa shape index (κ2) is 8.62. The summed E-state index contributed by atoms with van der Waals surface area (Å²) >= 11 is 0. The molecule has 0 aliphatic carbocycles. The quantitative estimate of drug-likeness (QED) is 0.456. The molecule has 0 aliphatic heterocycles. The first-order valence-electron chi connectivity index (χ1n) is 6.41. The van der Waals surface area contributed by atoms with Crippen LogP contribution >= 0.6 is 7.60 Å². The number of hydrogen-bond donors (Lipinski definition) is 0. The maximum Gasteiger partial charge on any atom is 0.377 e. The van der Waals surface area contributed by atoms with Crippen LogP contribution in [0.15, 0.2) is 24.2 Å². The fraction of sp³-hybridized carbons (Fsp3) is 0.667. The van der Waals surface area contributed by atoms with Gasteiger partial charge in [0.1, 0.15) is 5.44 Å². The molecule has 0 radical (unpaired) electrons. The van der Waals surface area contributed by atoms with Gasteiger partial charge in [-0.3, -0.25) is 8.87 Å². The third-order valence-corrected chi connectivity index (χ3v) is 5.90. The molecule has 0 fully saturated rings. The van der Waals surface area contributed by atoms with Crippen LogP contribution in [0.5, 0.6) is 0 Å². The van der Waals surface area contributed by atoms with Crippen molar-refractivity contribution in [1.29, 1.82) is 0 Å². The van der Waals surface area contributed by atoms with Gasteiger partial charge >= 0.3 is 7.60 Å². The van der Waals surface area contributed by atoms with Crippen LogP contribution in [0.3, 0.4) is 0 Å². The Balaban J connectivity index is 5.67. The average molecular weight is 325 g/mol. The lowest BCUT2D eigenvalue weighted by Crippen LogP contribution is -2.31. The molecular formula is C12H24NO5PS. The fourth-order valence-corrected chi connectivity index (χ4v) is 4.94. The minimum Gasteiger partial charge on any atom is -0.304 e. The van der Waals surface area contributed by atoms with Crippen molar-refractivity contribution >= 4 is 17.6 Å². The largest absolute Gasteiger partial charge is 0.377 e. The number of nitrogens with zero attached hydrogens (tertiary/aromatic N) is 1. The van der Waals surface area contributed by atoms with Crippen molar-refractivity contribution in [2.75, 3.05) is 26.0 Å². The molecule has 20 heavy (non-hydrogen) atoms. The third-order valence-electron chi connectivity index (χ3n) is 2.33. The molecule has 0 bridgehead atoms. The maximum absolute atomic E-state index is 12.8. The van der Waals surface area contributed by atoms with Gasteiger partial charge in [0, 0.05) is 6.54 Å². The molecular weight excluding hydrogens is 301 g/mol. The normalized spacial score (nSPS) is 13.3. The van der Waals surface area contributed by atoms with Gasteiger partial charge in [0.2, 0.25) is 10.0 Å². The van der Waals surface area contributed by atoms with Gasteiger partial charge < -0.3 is 9.05 Å². The summed E-state index contributed by atoms with van der Waals surface area (Å²) in [5.74, 6) is 0. The van der Waals surface area contributed by atoms with E-state index < -0.39 is 17.6 Å².